The van der Waals surface area contributed by atoms with Gasteiger partial charge in [-0.3, -0.25) is 0 Å². The van der Waals surface area contributed by atoms with E-state index in [2.05, 4.69) is 54.9 Å². The summed E-state index contributed by atoms with van der Waals surface area (Å²) in [5.74, 6) is 0. The molecule has 0 spiro atoms. The molecule has 0 unspecified atom stereocenters. The summed E-state index contributed by atoms with van der Waals surface area (Å²) >= 11 is 1.72. The first-order chi connectivity index (χ1) is 6.77. The minimum Gasteiger partial charge on any atom is -0.347 e. The first-order valence-electron chi connectivity index (χ1n) is 4.64. The lowest BCUT2D eigenvalue weighted by atomic mass is 10.1. The fraction of sp³-hybridized carbons (Fsp3) is 0.167. The maximum absolute atomic E-state index is 3.41. The van der Waals surface area contributed by atoms with Gasteiger partial charge in [-0.25, -0.2) is 0 Å². The second-order valence-electron chi connectivity index (χ2n) is 3.35. The average molecular weight is 203 g/mol. The van der Waals surface area contributed by atoms with E-state index >= 15 is 0 Å². The molecule has 14 heavy (non-hydrogen) atoms. The van der Waals surface area contributed by atoms with Crippen molar-refractivity contribution in [3.63, 3.8) is 0 Å². The van der Waals surface area contributed by atoms with E-state index in [4.69, 9.17) is 0 Å². The highest BCUT2D eigenvalue weighted by molar-refractivity contribution is 7.14. The van der Waals surface area contributed by atoms with Crippen LogP contribution in [0.3, 0.4) is 0 Å². The molecule has 0 atom stereocenters. The Morgan fingerprint density at radius 3 is 2.64 bits per heavy atom. The monoisotopic (exact) mass is 203 g/mol. The summed E-state index contributed by atoms with van der Waals surface area (Å²) < 4.78 is 0. The van der Waals surface area contributed by atoms with Crippen molar-refractivity contribution in [1.82, 2.24) is 0 Å². The van der Waals surface area contributed by atoms with Crippen molar-refractivity contribution < 1.29 is 0 Å². The van der Waals surface area contributed by atoms with Crippen LogP contribution in [0.25, 0.3) is 0 Å². The van der Waals surface area contributed by atoms with Gasteiger partial charge in [0.05, 0.1) is 5.00 Å². The smallest absolute Gasteiger partial charge is 0.0926 e. The zero-order chi connectivity index (χ0) is 9.97. The molecule has 0 aliphatic carbocycles. The molecule has 0 saturated heterocycles. The van der Waals surface area contributed by atoms with E-state index in [1.807, 2.05) is 0 Å². The molecule has 1 aromatic heterocycles. The molecule has 0 aliphatic heterocycles. The molecule has 1 aromatic carbocycles. The molecule has 0 bridgehead atoms. The van der Waals surface area contributed by atoms with Crippen LogP contribution in [0.1, 0.15) is 11.1 Å². The first-order valence-corrected chi connectivity index (χ1v) is 5.52. The van der Waals surface area contributed by atoms with Gasteiger partial charge in [0.2, 0.25) is 0 Å². The zero-order valence-electron chi connectivity index (χ0n) is 8.37. The Morgan fingerprint density at radius 2 is 1.93 bits per heavy atom. The quantitative estimate of drug-likeness (QED) is 0.774. The van der Waals surface area contributed by atoms with Gasteiger partial charge in [0.15, 0.2) is 0 Å². The Morgan fingerprint density at radius 1 is 1.07 bits per heavy atom. The highest BCUT2D eigenvalue weighted by Gasteiger charge is 2.00. The lowest BCUT2D eigenvalue weighted by Gasteiger charge is -2.09. The van der Waals surface area contributed by atoms with Gasteiger partial charge in [0.25, 0.3) is 0 Å². The number of thiophene rings is 1. The second kappa shape index (κ2) is 3.84. The van der Waals surface area contributed by atoms with Gasteiger partial charge in [-0.2, -0.15) is 0 Å². The highest BCUT2D eigenvalue weighted by atomic mass is 32.1. The molecular weight excluding hydrogens is 190 g/mol. The van der Waals surface area contributed by atoms with Crippen LogP contribution in [-0.2, 0) is 0 Å². The summed E-state index contributed by atoms with van der Waals surface area (Å²) in [7, 11) is 0. The Kier molecular flexibility index (Phi) is 2.55. The van der Waals surface area contributed by atoms with Crippen molar-refractivity contribution in [1.29, 1.82) is 0 Å². The van der Waals surface area contributed by atoms with Gasteiger partial charge in [0.1, 0.15) is 0 Å². The number of hydrogen-bond donors (Lipinski definition) is 1. The predicted molar refractivity (Wildman–Crippen MR) is 63.5 cm³/mol. The molecule has 2 rings (SSSR count). The van der Waals surface area contributed by atoms with Gasteiger partial charge in [0, 0.05) is 5.69 Å². The fourth-order valence-corrected chi connectivity index (χ4v) is 2.00. The third-order valence-corrected chi connectivity index (χ3v) is 3.17. The summed E-state index contributed by atoms with van der Waals surface area (Å²) in [5, 5.41) is 6.68. The van der Waals surface area contributed by atoms with Crippen molar-refractivity contribution >= 4 is 22.0 Å². The number of hydrogen-bond acceptors (Lipinski definition) is 2. The largest absolute Gasteiger partial charge is 0.347 e. The number of anilines is 2. The Bertz CT molecular complexity index is 418. The Hall–Kier alpha value is -1.28. The third kappa shape index (κ3) is 1.80. The molecule has 2 aromatic rings. The molecule has 1 heterocycles. The van der Waals surface area contributed by atoms with E-state index in [0.717, 1.165) is 0 Å². The lowest BCUT2D eigenvalue weighted by Crippen LogP contribution is -1.92. The SMILES string of the molecule is Cc1cccc(Nc2cccs2)c1C. The second-order valence-corrected chi connectivity index (χ2v) is 4.30. The van der Waals surface area contributed by atoms with Crippen LogP contribution in [-0.4, -0.2) is 0 Å². The van der Waals surface area contributed by atoms with Gasteiger partial charge in [-0.05, 0) is 48.6 Å². The molecule has 0 amide bonds. The van der Waals surface area contributed by atoms with Crippen LogP contribution in [0.15, 0.2) is 35.7 Å². The normalized spacial score (nSPS) is 10.1. The Balaban J connectivity index is 2.29. The molecule has 1 nitrogen and oxygen atoms in total. The van der Waals surface area contributed by atoms with E-state index < -0.39 is 0 Å². The standard InChI is InChI=1S/C12H13NS/c1-9-5-3-6-11(10(9)2)13-12-7-4-8-14-12/h3-8,13H,1-2H3. The summed E-state index contributed by atoms with van der Waals surface area (Å²) in [6, 6.07) is 10.5. The van der Waals surface area contributed by atoms with Crippen molar-refractivity contribution in [2.24, 2.45) is 0 Å². The number of benzene rings is 1. The van der Waals surface area contributed by atoms with Crippen molar-refractivity contribution in [3.05, 3.63) is 46.8 Å². The molecule has 72 valence electrons. The van der Waals surface area contributed by atoms with Crippen LogP contribution < -0.4 is 5.32 Å². The van der Waals surface area contributed by atoms with Crippen LogP contribution in [0, 0.1) is 13.8 Å². The molecule has 0 fully saturated rings. The van der Waals surface area contributed by atoms with Crippen LogP contribution in [0.5, 0.6) is 0 Å². The van der Waals surface area contributed by atoms with Crippen LogP contribution in [0.4, 0.5) is 10.7 Å². The summed E-state index contributed by atoms with van der Waals surface area (Å²) in [6.45, 7) is 4.28. The van der Waals surface area contributed by atoms with Crippen LogP contribution in [0.2, 0.25) is 0 Å². The minimum atomic E-state index is 1.19. The minimum absolute atomic E-state index is 1.19. The van der Waals surface area contributed by atoms with Gasteiger partial charge in [-0.15, -0.1) is 11.3 Å². The maximum Gasteiger partial charge on any atom is 0.0926 e. The summed E-state index contributed by atoms with van der Waals surface area (Å²) in [5.41, 5.74) is 3.85. The predicted octanol–water partition coefficient (Wildman–Crippen LogP) is 4.11. The maximum atomic E-state index is 3.41. The van der Waals surface area contributed by atoms with E-state index in [-0.39, 0.29) is 0 Å². The summed E-state index contributed by atoms with van der Waals surface area (Å²) in [4.78, 5) is 0. The molecule has 1 N–H and O–H groups in total. The molecule has 0 aliphatic rings. The number of nitrogens with one attached hydrogen (secondary N) is 1. The lowest BCUT2D eigenvalue weighted by molar-refractivity contribution is 1.33. The van der Waals surface area contributed by atoms with Crippen molar-refractivity contribution in [2.75, 3.05) is 5.32 Å². The van der Waals surface area contributed by atoms with E-state index in [1.165, 1.54) is 21.8 Å². The first kappa shape index (κ1) is 9.28. The van der Waals surface area contributed by atoms with Crippen molar-refractivity contribution in [2.45, 2.75) is 13.8 Å². The third-order valence-electron chi connectivity index (χ3n) is 2.38. The van der Waals surface area contributed by atoms with Gasteiger partial charge in [-0.1, -0.05) is 12.1 Å². The summed E-state index contributed by atoms with van der Waals surface area (Å²) in [6.07, 6.45) is 0. The van der Waals surface area contributed by atoms with E-state index in [0.29, 0.717) is 0 Å². The average Bonchev–Trinajstić information content (AvgIpc) is 2.66. The van der Waals surface area contributed by atoms with E-state index in [9.17, 15) is 0 Å². The topological polar surface area (TPSA) is 12.0 Å². The van der Waals surface area contributed by atoms with Crippen LogP contribution >= 0.6 is 11.3 Å². The number of aryl methyl sites for hydroxylation is 1. The number of rotatable bonds is 2. The van der Waals surface area contributed by atoms with E-state index in [1.54, 1.807) is 11.3 Å². The van der Waals surface area contributed by atoms with Gasteiger partial charge < -0.3 is 5.32 Å². The highest BCUT2D eigenvalue weighted by Crippen LogP contribution is 2.25. The molecule has 0 saturated carbocycles. The molecule has 0 radical (unpaired) electrons. The zero-order valence-corrected chi connectivity index (χ0v) is 9.19. The fourth-order valence-electron chi connectivity index (χ4n) is 1.37. The van der Waals surface area contributed by atoms with Crippen molar-refractivity contribution in [3.8, 4) is 0 Å². The Labute approximate surface area is 88.4 Å². The molecular formula is C12H13NS. The molecule has 2 heteroatoms. The van der Waals surface area contributed by atoms with Gasteiger partial charge >= 0.3 is 0 Å².